The Morgan fingerprint density at radius 3 is 3.00 bits per heavy atom. The van der Waals surface area contributed by atoms with Crippen LogP contribution in [0.3, 0.4) is 0 Å². The van der Waals surface area contributed by atoms with Crippen molar-refractivity contribution < 1.29 is 13.2 Å². The number of hydrogen-bond donors (Lipinski definition) is 1. The highest BCUT2D eigenvalue weighted by Crippen LogP contribution is 2.16. The average Bonchev–Trinajstić information content (AvgIpc) is 2.99. The highest BCUT2D eigenvalue weighted by atomic mass is 32.2. The molecule has 1 atom stereocenters. The molecule has 2 aromatic rings. The number of aryl methyl sites for hydroxylation is 2. The van der Waals surface area contributed by atoms with Gasteiger partial charge >= 0.3 is 0 Å². The topological polar surface area (TPSA) is 81.1 Å². The predicted octanol–water partition coefficient (Wildman–Crippen LogP) is 1.04. The second kappa shape index (κ2) is 5.72. The number of benzene rings is 1. The monoisotopic (exact) mass is 321 g/mol. The lowest BCUT2D eigenvalue weighted by Gasteiger charge is -2.11. The van der Waals surface area contributed by atoms with E-state index in [1.165, 1.54) is 5.56 Å². The molecule has 118 valence electrons. The van der Waals surface area contributed by atoms with E-state index >= 15 is 0 Å². The Bertz CT molecular complexity index is 811. The quantitative estimate of drug-likeness (QED) is 0.912. The van der Waals surface area contributed by atoms with Crippen molar-refractivity contribution in [1.29, 1.82) is 0 Å². The van der Waals surface area contributed by atoms with Gasteiger partial charge in [0.05, 0.1) is 29.8 Å². The van der Waals surface area contributed by atoms with Gasteiger partial charge in [-0.1, -0.05) is 11.6 Å². The lowest BCUT2D eigenvalue weighted by atomic mass is 10.2. The maximum atomic E-state index is 11.9. The zero-order valence-corrected chi connectivity index (χ0v) is 13.3. The SMILES string of the molecule is Cc1ccc2c(cnn2CCC(=O)N[C@H]2CCS(=O)(=O)C2)c1. The van der Waals surface area contributed by atoms with Gasteiger partial charge in [0, 0.05) is 17.8 Å². The van der Waals surface area contributed by atoms with Crippen LogP contribution >= 0.6 is 0 Å². The maximum absolute atomic E-state index is 11.9. The van der Waals surface area contributed by atoms with Gasteiger partial charge in [-0.25, -0.2) is 8.42 Å². The Morgan fingerprint density at radius 1 is 1.45 bits per heavy atom. The molecule has 0 spiro atoms. The highest BCUT2D eigenvalue weighted by molar-refractivity contribution is 7.91. The molecule has 0 radical (unpaired) electrons. The van der Waals surface area contributed by atoms with E-state index in [1.807, 2.05) is 19.1 Å². The highest BCUT2D eigenvalue weighted by Gasteiger charge is 2.28. The number of sulfone groups is 1. The molecule has 1 aromatic heterocycles. The molecule has 1 aliphatic rings. The molecule has 0 bridgehead atoms. The molecule has 1 aliphatic heterocycles. The van der Waals surface area contributed by atoms with E-state index in [-0.39, 0.29) is 23.5 Å². The fourth-order valence-electron chi connectivity index (χ4n) is 2.80. The molecule has 6 nitrogen and oxygen atoms in total. The standard InChI is InChI=1S/C15H19N3O3S/c1-11-2-3-14-12(8-11)9-16-18(14)6-4-15(19)17-13-5-7-22(20,21)10-13/h2-3,8-9,13H,4-7,10H2,1H3,(H,17,19)/t13-/m0/s1. The van der Waals surface area contributed by atoms with Crippen molar-refractivity contribution in [3.63, 3.8) is 0 Å². The summed E-state index contributed by atoms with van der Waals surface area (Å²) in [6, 6.07) is 5.83. The van der Waals surface area contributed by atoms with Crippen molar-refractivity contribution in [3.05, 3.63) is 30.0 Å². The van der Waals surface area contributed by atoms with E-state index in [2.05, 4.69) is 16.5 Å². The normalized spacial score (nSPS) is 20.3. The van der Waals surface area contributed by atoms with Crippen LogP contribution in [0.4, 0.5) is 0 Å². The minimum atomic E-state index is -2.96. The van der Waals surface area contributed by atoms with Crippen LogP contribution in [-0.4, -0.2) is 41.7 Å². The first-order valence-corrected chi connectivity index (χ1v) is 9.17. The molecule has 0 aliphatic carbocycles. The summed E-state index contributed by atoms with van der Waals surface area (Å²) in [7, 11) is -2.96. The number of nitrogens with zero attached hydrogens (tertiary/aromatic N) is 2. The largest absolute Gasteiger partial charge is 0.352 e. The van der Waals surface area contributed by atoms with Gasteiger partial charge in [-0.3, -0.25) is 9.48 Å². The minimum absolute atomic E-state index is 0.0583. The van der Waals surface area contributed by atoms with E-state index in [9.17, 15) is 13.2 Å². The summed E-state index contributed by atoms with van der Waals surface area (Å²) < 4.78 is 24.6. The first-order chi connectivity index (χ1) is 10.4. The fourth-order valence-corrected chi connectivity index (χ4v) is 4.47. The van der Waals surface area contributed by atoms with Crippen LogP contribution in [0.5, 0.6) is 0 Å². The van der Waals surface area contributed by atoms with Crippen molar-refractivity contribution in [2.45, 2.75) is 32.4 Å². The van der Waals surface area contributed by atoms with Crippen molar-refractivity contribution in [2.24, 2.45) is 0 Å². The van der Waals surface area contributed by atoms with Gasteiger partial charge < -0.3 is 5.32 Å². The van der Waals surface area contributed by atoms with Crippen LogP contribution in [0.25, 0.3) is 10.9 Å². The zero-order valence-electron chi connectivity index (χ0n) is 12.4. The second-order valence-electron chi connectivity index (χ2n) is 5.85. The molecule has 1 fully saturated rings. The number of aromatic nitrogens is 2. The number of hydrogen-bond acceptors (Lipinski definition) is 4. The summed E-state index contributed by atoms with van der Waals surface area (Å²) in [6.07, 6.45) is 2.60. The van der Waals surface area contributed by atoms with Crippen LogP contribution in [0, 0.1) is 6.92 Å². The molecular formula is C15H19N3O3S. The van der Waals surface area contributed by atoms with E-state index in [0.29, 0.717) is 19.4 Å². The summed E-state index contributed by atoms with van der Waals surface area (Å²) in [6.45, 7) is 2.51. The van der Waals surface area contributed by atoms with Crippen LogP contribution in [-0.2, 0) is 21.2 Å². The zero-order chi connectivity index (χ0) is 15.7. The van der Waals surface area contributed by atoms with Gasteiger partial charge in [0.25, 0.3) is 0 Å². The number of fused-ring (bicyclic) bond motifs is 1. The third kappa shape index (κ3) is 3.30. The molecule has 1 N–H and O–H groups in total. The molecule has 0 saturated carbocycles. The van der Waals surface area contributed by atoms with Crippen LogP contribution in [0.15, 0.2) is 24.4 Å². The van der Waals surface area contributed by atoms with Crippen molar-refractivity contribution >= 4 is 26.6 Å². The van der Waals surface area contributed by atoms with Gasteiger partial charge in [0.1, 0.15) is 0 Å². The lowest BCUT2D eigenvalue weighted by molar-refractivity contribution is -0.121. The van der Waals surface area contributed by atoms with E-state index < -0.39 is 9.84 Å². The van der Waals surface area contributed by atoms with Crippen molar-refractivity contribution in [3.8, 4) is 0 Å². The Balaban J connectivity index is 1.58. The van der Waals surface area contributed by atoms with Gasteiger partial charge in [0.15, 0.2) is 9.84 Å². The molecule has 0 unspecified atom stereocenters. The van der Waals surface area contributed by atoms with Crippen LogP contribution in [0.1, 0.15) is 18.4 Å². The third-order valence-corrected chi connectivity index (χ3v) is 5.71. The van der Waals surface area contributed by atoms with E-state index in [0.717, 1.165) is 10.9 Å². The molecule has 3 rings (SSSR count). The number of amides is 1. The first-order valence-electron chi connectivity index (χ1n) is 7.35. The predicted molar refractivity (Wildman–Crippen MR) is 84.3 cm³/mol. The third-order valence-electron chi connectivity index (χ3n) is 3.95. The number of nitrogens with one attached hydrogen (secondary N) is 1. The molecule has 22 heavy (non-hydrogen) atoms. The smallest absolute Gasteiger partial charge is 0.222 e. The minimum Gasteiger partial charge on any atom is -0.352 e. The molecular weight excluding hydrogens is 302 g/mol. The number of carbonyl (C=O) groups excluding carboxylic acids is 1. The fraction of sp³-hybridized carbons (Fsp3) is 0.467. The summed E-state index contributed by atoms with van der Waals surface area (Å²) in [5.41, 5.74) is 2.18. The average molecular weight is 321 g/mol. The molecule has 1 aromatic carbocycles. The van der Waals surface area contributed by atoms with Crippen molar-refractivity contribution in [1.82, 2.24) is 15.1 Å². The van der Waals surface area contributed by atoms with Gasteiger partial charge in [-0.2, -0.15) is 5.10 Å². The van der Waals surface area contributed by atoms with Crippen LogP contribution < -0.4 is 5.32 Å². The summed E-state index contributed by atoms with van der Waals surface area (Å²) >= 11 is 0. The number of carbonyl (C=O) groups is 1. The Labute approximate surface area is 129 Å². The summed E-state index contributed by atoms with van der Waals surface area (Å²) in [5.74, 6) is 0.0990. The second-order valence-corrected chi connectivity index (χ2v) is 8.08. The maximum Gasteiger partial charge on any atom is 0.222 e. The van der Waals surface area contributed by atoms with Gasteiger partial charge in [-0.15, -0.1) is 0 Å². The molecule has 1 saturated heterocycles. The Hall–Kier alpha value is -1.89. The number of rotatable bonds is 4. The Kier molecular flexibility index (Phi) is 3.90. The lowest BCUT2D eigenvalue weighted by Crippen LogP contribution is -2.36. The van der Waals surface area contributed by atoms with Crippen LogP contribution in [0.2, 0.25) is 0 Å². The van der Waals surface area contributed by atoms with Gasteiger partial charge in [0.2, 0.25) is 5.91 Å². The molecule has 2 heterocycles. The Morgan fingerprint density at radius 2 is 2.27 bits per heavy atom. The van der Waals surface area contributed by atoms with Gasteiger partial charge in [-0.05, 0) is 25.5 Å². The first kappa shape index (κ1) is 15.0. The van der Waals surface area contributed by atoms with E-state index in [4.69, 9.17) is 0 Å². The van der Waals surface area contributed by atoms with E-state index in [1.54, 1.807) is 10.9 Å². The molecule has 7 heteroatoms. The summed E-state index contributed by atoms with van der Waals surface area (Å²) in [4.78, 5) is 11.9. The molecule has 1 amide bonds. The summed E-state index contributed by atoms with van der Waals surface area (Å²) in [5, 5.41) is 8.16. The van der Waals surface area contributed by atoms with Crippen molar-refractivity contribution in [2.75, 3.05) is 11.5 Å².